The van der Waals surface area contributed by atoms with Crippen molar-refractivity contribution < 1.29 is 4.79 Å². The number of hydrogen-bond acceptors (Lipinski definition) is 3. The largest absolute Gasteiger partial charge is 0.376 e. The predicted octanol–water partition coefficient (Wildman–Crippen LogP) is 3.56. The number of benzene rings is 1. The molecule has 1 heterocycles. The first kappa shape index (κ1) is 17.8. The van der Waals surface area contributed by atoms with Crippen LogP contribution >= 0.6 is 0 Å². The zero-order chi connectivity index (χ0) is 17.7. The molecule has 0 saturated heterocycles. The van der Waals surface area contributed by atoms with Crippen molar-refractivity contribution in [3.8, 4) is 0 Å². The third-order valence-corrected chi connectivity index (χ3v) is 3.99. The third kappa shape index (κ3) is 4.72. The average Bonchev–Trinajstić information content (AvgIpc) is 2.89. The Morgan fingerprint density at radius 3 is 2.58 bits per heavy atom. The number of aryl methyl sites for hydroxylation is 3. The van der Waals surface area contributed by atoms with E-state index in [1.165, 1.54) is 16.8 Å². The third-order valence-electron chi connectivity index (χ3n) is 3.99. The fourth-order valence-corrected chi connectivity index (χ4v) is 2.49. The highest BCUT2D eigenvalue weighted by Gasteiger charge is 2.04. The Kier molecular flexibility index (Phi) is 5.79. The van der Waals surface area contributed by atoms with E-state index in [9.17, 15) is 4.79 Å². The summed E-state index contributed by atoms with van der Waals surface area (Å²) >= 11 is 0. The van der Waals surface area contributed by atoms with E-state index in [4.69, 9.17) is 0 Å². The van der Waals surface area contributed by atoms with Gasteiger partial charge in [-0.2, -0.15) is 5.10 Å². The number of rotatable bonds is 6. The molecule has 1 aromatic heterocycles. The molecule has 2 aromatic rings. The van der Waals surface area contributed by atoms with Crippen LogP contribution in [0.25, 0.3) is 0 Å². The van der Waals surface area contributed by atoms with Crippen LogP contribution in [0.15, 0.2) is 35.6 Å². The molecular formula is C19H26N4O. The van der Waals surface area contributed by atoms with E-state index in [0.29, 0.717) is 6.04 Å². The summed E-state index contributed by atoms with van der Waals surface area (Å²) in [6, 6.07) is 8.49. The fraction of sp³-hybridized carbons (Fsp3) is 0.368. The van der Waals surface area contributed by atoms with Crippen LogP contribution in [0.5, 0.6) is 0 Å². The van der Waals surface area contributed by atoms with E-state index in [1.54, 1.807) is 6.21 Å². The summed E-state index contributed by atoms with van der Waals surface area (Å²) in [5, 5.41) is 7.12. The molecule has 128 valence electrons. The molecule has 0 aliphatic heterocycles. The lowest BCUT2D eigenvalue weighted by Crippen LogP contribution is -2.25. The first-order valence-electron chi connectivity index (χ1n) is 8.18. The Labute approximate surface area is 143 Å². The summed E-state index contributed by atoms with van der Waals surface area (Å²) in [5.74, 6) is -0.176. The molecule has 24 heavy (non-hydrogen) atoms. The van der Waals surface area contributed by atoms with Gasteiger partial charge in [0.05, 0.1) is 12.8 Å². The molecule has 1 amide bonds. The normalized spacial score (nSPS) is 11.2. The predicted molar refractivity (Wildman–Crippen MR) is 99.7 cm³/mol. The van der Waals surface area contributed by atoms with E-state index < -0.39 is 0 Å². The number of hydrogen-bond donors (Lipinski definition) is 2. The molecule has 0 aliphatic rings. The van der Waals surface area contributed by atoms with Crippen molar-refractivity contribution in [2.75, 3.05) is 11.9 Å². The van der Waals surface area contributed by atoms with Crippen molar-refractivity contribution in [3.05, 3.63) is 52.8 Å². The Balaban J connectivity index is 1.84. The first-order valence-corrected chi connectivity index (χ1v) is 8.18. The molecule has 0 atom stereocenters. The molecular weight excluding hydrogens is 300 g/mol. The molecule has 0 spiro atoms. The Hall–Kier alpha value is -2.56. The summed E-state index contributed by atoms with van der Waals surface area (Å²) in [7, 11) is 0. The number of nitrogens with zero attached hydrogens (tertiary/aromatic N) is 2. The van der Waals surface area contributed by atoms with Crippen molar-refractivity contribution in [3.63, 3.8) is 0 Å². The fourth-order valence-electron chi connectivity index (χ4n) is 2.49. The van der Waals surface area contributed by atoms with E-state index in [1.807, 2.05) is 30.5 Å². The number of hydrazone groups is 1. The van der Waals surface area contributed by atoms with Crippen LogP contribution < -0.4 is 10.7 Å². The summed E-state index contributed by atoms with van der Waals surface area (Å²) in [4.78, 5) is 11.8. The molecule has 0 unspecified atom stereocenters. The molecule has 0 bridgehead atoms. The maximum absolute atomic E-state index is 11.8. The zero-order valence-electron chi connectivity index (χ0n) is 15.1. The van der Waals surface area contributed by atoms with Gasteiger partial charge in [-0.25, -0.2) is 5.43 Å². The molecule has 5 heteroatoms. The monoisotopic (exact) mass is 326 g/mol. The minimum atomic E-state index is -0.176. The van der Waals surface area contributed by atoms with Crippen LogP contribution in [0.1, 0.15) is 42.3 Å². The number of carbonyl (C=O) groups is 1. The smallest absolute Gasteiger partial charge is 0.259 e. The van der Waals surface area contributed by atoms with E-state index in [0.717, 1.165) is 11.3 Å². The van der Waals surface area contributed by atoms with Gasteiger partial charge in [0.1, 0.15) is 0 Å². The maximum atomic E-state index is 11.8. The van der Waals surface area contributed by atoms with Crippen LogP contribution in [0, 0.1) is 20.8 Å². The van der Waals surface area contributed by atoms with E-state index in [-0.39, 0.29) is 12.5 Å². The van der Waals surface area contributed by atoms with Gasteiger partial charge < -0.3 is 9.88 Å². The topological polar surface area (TPSA) is 58.4 Å². The van der Waals surface area contributed by atoms with Gasteiger partial charge in [-0.3, -0.25) is 4.79 Å². The van der Waals surface area contributed by atoms with Gasteiger partial charge in [0, 0.05) is 29.2 Å². The van der Waals surface area contributed by atoms with E-state index in [2.05, 4.69) is 55.0 Å². The lowest BCUT2D eigenvalue weighted by molar-refractivity contribution is -0.119. The van der Waals surface area contributed by atoms with Crippen molar-refractivity contribution >= 4 is 17.8 Å². The van der Waals surface area contributed by atoms with Gasteiger partial charge in [-0.15, -0.1) is 0 Å². The number of aromatic nitrogens is 1. The molecule has 0 radical (unpaired) electrons. The second-order valence-corrected chi connectivity index (χ2v) is 6.36. The van der Waals surface area contributed by atoms with Crippen LogP contribution in [-0.2, 0) is 4.79 Å². The standard InChI is InChI=1S/C19H26N4O/c1-13(2)23-12-17(9-16(23)5)10-21-22-19(24)11-20-18-7-6-14(3)15(4)8-18/h6-10,12-13,20H,11H2,1-5H3,(H,22,24)/b21-10-. The minimum Gasteiger partial charge on any atom is -0.376 e. The Morgan fingerprint density at radius 2 is 1.96 bits per heavy atom. The molecule has 0 saturated carbocycles. The van der Waals surface area contributed by atoms with Crippen LogP contribution in [0.4, 0.5) is 5.69 Å². The molecule has 2 N–H and O–H groups in total. The minimum absolute atomic E-state index is 0.176. The van der Waals surface area contributed by atoms with Crippen LogP contribution in [-0.4, -0.2) is 23.2 Å². The molecule has 0 aliphatic carbocycles. The van der Waals surface area contributed by atoms with Crippen molar-refractivity contribution in [2.45, 2.75) is 40.7 Å². The molecule has 0 fully saturated rings. The SMILES string of the molecule is Cc1ccc(NCC(=O)N/N=C\c2cc(C)n(C(C)C)c2)cc1C. The summed E-state index contributed by atoms with van der Waals surface area (Å²) in [5.41, 5.74) is 8.06. The Morgan fingerprint density at radius 1 is 1.21 bits per heavy atom. The first-order chi connectivity index (χ1) is 11.4. The lowest BCUT2D eigenvalue weighted by atomic mass is 10.1. The number of amides is 1. The number of carbonyl (C=O) groups excluding carboxylic acids is 1. The average molecular weight is 326 g/mol. The van der Waals surface area contributed by atoms with Gasteiger partial charge in [-0.1, -0.05) is 6.07 Å². The second-order valence-electron chi connectivity index (χ2n) is 6.36. The van der Waals surface area contributed by atoms with Gasteiger partial charge in [-0.05, 0) is 63.9 Å². The van der Waals surface area contributed by atoms with Gasteiger partial charge >= 0.3 is 0 Å². The van der Waals surface area contributed by atoms with Crippen LogP contribution in [0.3, 0.4) is 0 Å². The maximum Gasteiger partial charge on any atom is 0.259 e. The molecule has 2 rings (SSSR count). The van der Waals surface area contributed by atoms with Gasteiger partial charge in [0.2, 0.25) is 0 Å². The van der Waals surface area contributed by atoms with Crippen molar-refractivity contribution in [1.29, 1.82) is 0 Å². The summed E-state index contributed by atoms with van der Waals surface area (Å²) in [6.45, 7) is 10.6. The Bertz CT molecular complexity index is 744. The second kappa shape index (κ2) is 7.81. The quantitative estimate of drug-likeness (QED) is 0.630. The van der Waals surface area contributed by atoms with Gasteiger partial charge in [0.25, 0.3) is 5.91 Å². The van der Waals surface area contributed by atoms with Crippen molar-refractivity contribution in [2.24, 2.45) is 5.10 Å². The molecule has 1 aromatic carbocycles. The highest BCUT2D eigenvalue weighted by molar-refractivity contribution is 5.84. The zero-order valence-corrected chi connectivity index (χ0v) is 15.1. The lowest BCUT2D eigenvalue weighted by Gasteiger charge is -2.08. The van der Waals surface area contributed by atoms with Crippen molar-refractivity contribution in [1.82, 2.24) is 9.99 Å². The van der Waals surface area contributed by atoms with Crippen LogP contribution in [0.2, 0.25) is 0 Å². The van der Waals surface area contributed by atoms with E-state index >= 15 is 0 Å². The van der Waals surface area contributed by atoms with Gasteiger partial charge in [0.15, 0.2) is 0 Å². The highest BCUT2D eigenvalue weighted by Crippen LogP contribution is 2.14. The summed E-state index contributed by atoms with van der Waals surface area (Å²) in [6.07, 6.45) is 3.70. The number of anilines is 1. The summed E-state index contributed by atoms with van der Waals surface area (Å²) < 4.78 is 2.17. The highest BCUT2D eigenvalue weighted by atomic mass is 16.2. The number of nitrogens with one attached hydrogen (secondary N) is 2. The molecule has 5 nitrogen and oxygen atoms in total.